The van der Waals surface area contributed by atoms with E-state index in [1.54, 1.807) is 0 Å². The first kappa shape index (κ1) is 24.8. The monoisotopic (exact) mass is 494 g/mol. The molecule has 1 fully saturated rings. The SMILES string of the molecule is CC(C)(C)c1ccc2c(c1)C1(CCN(CCC(F)(F)F)CC1)CN2C(=O)c1cccc2ccccc12. The van der Waals surface area contributed by atoms with Crippen molar-refractivity contribution in [1.29, 1.82) is 0 Å². The van der Waals surface area contributed by atoms with E-state index in [1.807, 2.05) is 52.3 Å². The van der Waals surface area contributed by atoms with Crippen LogP contribution in [-0.4, -0.2) is 43.2 Å². The first-order valence-corrected chi connectivity index (χ1v) is 12.7. The Labute approximate surface area is 210 Å². The smallest absolute Gasteiger partial charge is 0.307 e. The van der Waals surface area contributed by atoms with Crippen molar-refractivity contribution in [3.8, 4) is 0 Å². The van der Waals surface area contributed by atoms with Crippen molar-refractivity contribution >= 4 is 22.4 Å². The zero-order valence-corrected chi connectivity index (χ0v) is 21.2. The summed E-state index contributed by atoms with van der Waals surface area (Å²) in [5.74, 6) is -0.0204. The van der Waals surface area contributed by atoms with Crippen LogP contribution in [0.15, 0.2) is 60.7 Å². The number of piperidine rings is 1. The number of carbonyl (C=O) groups excluding carboxylic acids is 1. The fraction of sp³-hybridized carbons (Fsp3) is 0.433. The molecule has 0 bridgehead atoms. The maximum atomic E-state index is 14.0. The van der Waals surface area contributed by atoms with Gasteiger partial charge < -0.3 is 9.80 Å². The van der Waals surface area contributed by atoms with Crippen LogP contribution in [0.5, 0.6) is 0 Å². The third-order valence-electron chi connectivity index (χ3n) is 7.98. The van der Waals surface area contributed by atoms with Gasteiger partial charge >= 0.3 is 6.18 Å². The predicted octanol–water partition coefficient (Wildman–Crippen LogP) is 7.08. The van der Waals surface area contributed by atoms with Gasteiger partial charge in [0.2, 0.25) is 0 Å². The second-order valence-electron chi connectivity index (χ2n) is 11.4. The van der Waals surface area contributed by atoms with Crippen LogP contribution in [-0.2, 0) is 10.8 Å². The summed E-state index contributed by atoms with van der Waals surface area (Å²) in [6, 6.07) is 20.2. The number of carbonyl (C=O) groups is 1. The third kappa shape index (κ3) is 4.63. The fourth-order valence-corrected chi connectivity index (χ4v) is 5.79. The zero-order valence-electron chi connectivity index (χ0n) is 21.2. The van der Waals surface area contributed by atoms with Gasteiger partial charge in [0.05, 0.1) is 6.42 Å². The molecule has 0 N–H and O–H groups in total. The van der Waals surface area contributed by atoms with E-state index in [0.717, 1.165) is 29.3 Å². The predicted molar refractivity (Wildman–Crippen MR) is 139 cm³/mol. The van der Waals surface area contributed by atoms with E-state index in [0.29, 0.717) is 25.2 Å². The van der Waals surface area contributed by atoms with Crippen molar-refractivity contribution < 1.29 is 18.0 Å². The lowest BCUT2D eigenvalue weighted by atomic mass is 9.72. The third-order valence-corrected chi connectivity index (χ3v) is 7.98. The first-order valence-electron chi connectivity index (χ1n) is 12.7. The quantitative estimate of drug-likeness (QED) is 0.388. The molecule has 3 aromatic rings. The summed E-state index contributed by atoms with van der Waals surface area (Å²) < 4.78 is 38.4. The molecule has 0 aliphatic carbocycles. The molecule has 1 saturated heterocycles. The summed E-state index contributed by atoms with van der Waals surface area (Å²) in [5, 5.41) is 1.96. The second-order valence-corrected chi connectivity index (χ2v) is 11.4. The highest BCUT2D eigenvalue weighted by atomic mass is 19.4. The lowest BCUT2D eigenvalue weighted by molar-refractivity contribution is -0.138. The Hall–Kier alpha value is -2.86. The van der Waals surface area contributed by atoms with Crippen LogP contribution in [0.4, 0.5) is 18.9 Å². The minimum atomic E-state index is -4.14. The van der Waals surface area contributed by atoms with Gasteiger partial charge in [0.15, 0.2) is 0 Å². The van der Waals surface area contributed by atoms with Gasteiger partial charge in [0, 0.05) is 29.8 Å². The van der Waals surface area contributed by atoms with Crippen LogP contribution in [0.25, 0.3) is 10.8 Å². The number of fused-ring (bicyclic) bond motifs is 3. The maximum absolute atomic E-state index is 14.0. The molecule has 3 aromatic carbocycles. The molecule has 190 valence electrons. The molecule has 6 heteroatoms. The number of halogens is 3. The second kappa shape index (κ2) is 8.91. The van der Waals surface area contributed by atoms with Crippen molar-refractivity contribution in [2.75, 3.05) is 31.1 Å². The summed E-state index contributed by atoms with van der Waals surface area (Å²) in [5.41, 5.74) is 3.70. The highest BCUT2D eigenvalue weighted by Crippen LogP contribution is 2.49. The van der Waals surface area contributed by atoms with Gasteiger partial charge in [-0.25, -0.2) is 0 Å². The molecule has 2 heterocycles. The van der Waals surface area contributed by atoms with E-state index in [-0.39, 0.29) is 23.3 Å². The minimum Gasteiger partial charge on any atom is -0.307 e. The van der Waals surface area contributed by atoms with E-state index in [4.69, 9.17) is 0 Å². The number of alkyl halides is 3. The number of hydrogen-bond acceptors (Lipinski definition) is 2. The molecule has 0 radical (unpaired) electrons. The molecule has 0 saturated carbocycles. The molecular formula is C30H33F3N2O. The number of benzene rings is 3. The van der Waals surface area contributed by atoms with E-state index < -0.39 is 12.6 Å². The van der Waals surface area contributed by atoms with Gasteiger partial charge in [0.25, 0.3) is 5.91 Å². The molecule has 2 aliphatic rings. The molecule has 1 amide bonds. The number of hydrogen-bond donors (Lipinski definition) is 0. The zero-order chi connectivity index (χ0) is 25.7. The van der Waals surface area contributed by atoms with Crippen molar-refractivity contribution in [3.63, 3.8) is 0 Å². The Bertz CT molecular complexity index is 1280. The Morgan fingerprint density at radius 3 is 2.33 bits per heavy atom. The minimum absolute atomic E-state index is 0.0204. The molecule has 36 heavy (non-hydrogen) atoms. The van der Waals surface area contributed by atoms with Crippen molar-refractivity contribution in [2.45, 2.75) is 57.0 Å². The number of nitrogens with zero attached hydrogens (tertiary/aromatic N) is 2. The van der Waals surface area contributed by atoms with Crippen LogP contribution < -0.4 is 4.90 Å². The van der Waals surface area contributed by atoms with Gasteiger partial charge in [-0.1, -0.05) is 69.3 Å². The number of rotatable bonds is 3. The number of anilines is 1. The van der Waals surface area contributed by atoms with Crippen LogP contribution in [0.1, 0.15) is 61.5 Å². The Morgan fingerprint density at radius 1 is 0.944 bits per heavy atom. The number of amides is 1. The summed E-state index contributed by atoms with van der Waals surface area (Å²) in [6.45, 7) is 8.33. The highest BCUT2D eigenvalue weighted by molar-refractivity contribution is 6.15. The average molecular weight is 495 g/mol. The molecule has 3 nitrogen and oxygen atoms in total. The Morgan fingerprint density at radius 2 is 1.64 bits per heavy atom. The van der Waals surface area contributed by atoms with Crippen LogP contribution in [0.2, 0.25) is 0 Å². The largest absolute Gasteiger partial charge is 0.390 e. The van der Waals surface area contributed by atoms with Gasteiger partial charge in [-0.2, -0.15) is 13.2 Å². The Kier molecular flexibility index (Phi) is 6.14. The molecule has 0 unspecified atom stereocenters. The lowest BCUT2D eigenvalue weighted by Gasteiger charge is -2.40. The fourth-order valence-electron chi connectivity index (χ4n) is 5.79. The van der Waals surface area contributed by atoms with Crippen molar-refractivity contribution in [3.05, 3.63) is 77.4 Å². The van der Waals surface area contributed by atoms with Crippen molar-refractivity contribution in [1.82, 2.24) is 4.90 Å². The Balaban J connectivity index is 1.50. The van der Waals surface area contributed by atoms with Crippen LogP contribution in [0, 0.1) is 0 Å². The summed E-state index contributed by atoms with van der Waals surface area (Å²) in [4.78, 5) is 17.8. The van der Waals surface area contributed by atoms with E-state index >= 15 is 0 Å². The van der Waals surface area contributed by atoms with E-state index in [2.05, 4.69) is 39.0 Å². The maximum Gasteiger partial charge on any atom is 0.390 e. The molecule has 1 spiro atoms. The van der Waals surface area contributed by atoms with Gasteiger partial charge in [0.1, 0.15) is 0 Å². The summed E-state index contributed by atoms with van der Waals surface area (Å²) >= 11 is 0. The summed E-state index contributed by atoms with van der Waals surface area (Å²) in [7, 11) is 0. The van der Waals surface area contributed by atoms with Gasteiger partial charge in [-0.3, -0.25) is 4.79 Å². The van der Waals surface area contributed by atoms with Gasteiger partial charge in [-0.05, 0) is 65.4 Å². The first-order chi connectivity index (χ1) is 17.0. The molecular weight excluding hydrogens is 461 g/mol. The molecule has 0 atom stereocenters. The summed E-state index contributed by atoms with van der Waals surface area (Å²) in [6.07, 6.45) is -3.44. The van der Waals surface area contributed by atoms with Gasteiger partial charge in [-0.15, -0.1) is 0 Å². The molecule has 0 aromatic heterocycles. The highest BCUT2D eigenvalue weighted by Gasteiger charge is 2.47. The standard InChI is InChI=1S/C30H33F3N2O/c1-28(2,3)22-11-12-26-25(19-22)29(13-16-34(17-14-29)18-15-30(31,32)33)20-35(26)27(36)24-10-6-8-21-7-4-5-9-23(21)24/h4-12,19H,13-18,20H2,1-3H3. The topological polar surface area (TPSA) is 23.6 Å². The average Bonchev–Trinajstić information content (AvgIpc) is 3.15. The normalized spacial score (nSPS) is 18.1. The molecule has 5 rings (SSSR count). The lowest BCUT2D eigenvalue weighted by Crippen LogP contribution is -2.46. The molecule has 2 aliphatic heterocycles. The van der Waals surface area contributed by atoms with Crippen molar-refractivity contribution in [2.24, 2.45) is 0 Å². The van der Waals surface area contributed by atoms with Crippen LogP contribution >= 0.6 is 0 Å². The van der Waals surface area contributed by atoms with E-state index in [1.165, 1.54) is 11.1 Å². The number of likely N-dealkylation sites (tertiary alicyclic amines) is 1. The van der Waals surface area contributed by atoms with Crippen LogP contribution in [0.3, 0.4) is 0 Å². The van der Waals surface area contributed by atoms with E-state index in [9.17, 15) is 18.0 Å².